The van der Waals surface area contributed by atoms with Crippen LogP contribution in [0.15, 0.2) is 133 Å². The molecule has 12 rings (SSSR count). The Morgan fingerprint density at radius 1 is 0.443 bits per heavy atom. The Morgan fingerprint density at radius 2 is 0.971 bits per heavy atom. The number of aromatic nitrogens is 4. The van der Waals surface area contributed by atoms with Crippen LogP contribution in [0.2, 0.25) is 0 Å². The molecule has 340 valence electrons. The molecule has 0 saturated carbocycles. The van der Waals surface area contributed by atoms with E-state index < -0.39 is 73.8 Å². The lowest BCUT2D eigenvalue weighted by Gasteiger charge is -2.21. The van der Waals surface area contributed by atoms with Crippen LogP contribution in [0.25, 0.3) is 94.3 Å². The zero-order chi connectivity index (χ0) is 48.7. The molecule has 0 saturated heterocycles. The van der Waals surface area contributed by atoms with Crippen LogP contribution in [0.4, 0.5) is 0 Å². The van der Waals surface area contributed by atoms with Crippen LogP contribution in [0.1, 0.15) is 30.5 Å². The minimum Gasteiger partial charge on any atom is -0.508 e. The van der Waals surface area contributed by atoms with E-state index in [2.05, 4.69) is 91.2 Å². The second-order valence-electron chi connectivity index (χ2n) is 18.2. The summed E-state index contributed by atoms with van der Waals surface area (Å²) >= 11 is 0. The topological polar surface area (TPSA) is 218 Å². The number of fused-ring (bicyclic) bond motifs is 9. The Balaban J connectivity index is 1.15. The van der Waals surface area contributed by atoms with Crippen LogP contribution < -0.4 is 5.46 Å². The van der Waals surface area contributed by atoms with Gasteiger partial charge in [-0.25, -0.2) is 9.97 Å². The zero-order valence-electron chi connectivity index (χ0n) is 37.3. The van der Waals surface area contributed by atoms with Crippen molar-refractivity contribution in [3.8, 4) is 102 Å². The summed E-state index contributed by atoms with van der Waals surface area (Å²) in [5.74, 6) is -9.84. The van der Waals surface area contributed by atoms with Crippen molar-refractivity contribution in [1.82, 2.24) is 19.1 Å². The first-order chi connectivity index (χ1) is 33.6. The molecule has 0 spiro atoms. The highest BCUT2D eigenvalue weighted by atomic mass is 16.4. The first-order valence-corrected chi connectivity index (χ1v) is 22.3. The van der Waals surface area contributed by atoms with E-state index in [1.165, 1.54) is 5.56 Å². The summed E-state index contributed by atoms with van der Waals surface area (Å²) in [6, 6.07) is 44.6. The van der Waals surface area contributed by atoms with Crippen molar-refractivity contribution in [1.29, 1.82) is 0 Å². The van der Waals surface area contributed by atoms with Crippen LogP contribution in [-0.4, -0.2) is 72.9 Å². The van der Waals surface area contributed by atoms with Crippen LogP contribution in [0.3, 0.4) is 0 Å². The Kier molecular flexibility index (Phi) is 8.93. The minimum atomic E-state index is -1.20. The average Bonchev–Trinajstić information content (AvgIpc) is 3.95. The van der Waals surface area contributed by atoms with Gasteiger partial charge in [-0.1, -0.05) is 98.8 Å². The molecule has 11 aromatic rings. The zero-order valence-corrected chi connectivity index (χ0v) is 37.3. The quantitative estimate of drug-likeness (QED) is 0.0434. The lowest BCUT2D eigenvalue weighted by Crippen LogP contribution is -2.15. The standard InChI is InChI=1S/C56H39BN4O9/c1-56(2)35-14-8-6-12-29(35)31-22-34-33-21-28(27-16-18-40-32(20-27)30-13-7-9-15-39(30)60(40)25-26-10-4-3-5-11-26)17-19-41(33)61(42(34)23-36(31)56)55-58-37(43-46(62)45(57)50(66)51(67)47(43)63)24-38(59-55)44-48(64)52(68)54(70)53(69)49(44)65/h3-24,62-70H,25H2,1-2H3. The minimum absolute atomic E-state index is 0.169. The molecular weight excluding hydrogens is 883 g/mol. The van der Waals surface area contributed by atoms with Gasteiger partial charge in [-0.05, 0) is 92.9 Å². The van der Waals surface area contributed by atoms with Crippen molar-refractivity contribution >= 4 is 56.9 Å². The lowest BCUT2D eigenvalue weighted by atomic mass is 9.82. The summed E-state index contributed by atoms with van der Waals surface area (Å²) in [5.41, 5.74) is 7.55. The van der Waals surface area contributed by atoms with Gasteiger partial charge >= 0.3 is 0 Å². The number of para-hydroxylation sites is 1. The normalized spacial score (nSPS) is 12.9. The third-order valence-corrected chi connectivity index (χ3v) is 14.0. The fourth-order valence-corrected chi connectivity index (χ4v) is 10.5. The molecule has 13 nitrogen and oxygen atoms in total. The maximum Gasteiger partial charge on any atom is 0.235 e. The SMILES string of the molecule is [B]c1c(O)c(O)c(O)c(-c2cc(-c3c(O)c(O)c(O)c(O)c3O)nc(-n3c4ccc(-c5ccc6c(c5)c5ccccc5n6Cc5ccccc5)cc4c4cc5c(cc43)C(C)(C)c3ccccc3-5)n2)c1O. The van der Waals surface area contributed by atoms with Gasteiger partial charge in [0.05, 0.1) is 33.5 Å². The van der Waals surface area contributed by atoms with E-state index >= 15 is 0 Å². The number of phenols is 9. The Labute approximate surface area is 399 Å². The summed E-state index contributed by atoms with van der Waals surface area (Å²) in [7, 11) is 6.00. The van der Waals surface area contributed by atoms with Crippen molar-refractivity contribution in [2.75, 3.05) is 0 Å². The number of rotatable bonds is 6. The molecule has 9 N–H and O–H groups in total. The van der Waals surface area contributed by atoms with Crippen LogP contribution in [0.5, 0.6) is 51.7 Å². The summed E-state index contributed by atoms with van der Waals surface area (Å²) in [6.07, 6.45) is 0. The molecule has 0 aliphatic heterocycles. The van der Waals surface area contributed by atoms with E-state index in [1.807, 2.05) is 54.6 Å². The van der Waals surface area contributed by atoms with Gasteiger partial charge < -0.3 is 50.5 Å². The largest absolute Gasteiger partial charge is 0.508 e. The maximum atomic E-state index is 11.3. The predicted molar refractivity (Wildman–Crippen MR) is 269 cm³/mol. The molecule has 1 aliphatic carbocycles. The fraction of sp³-hybridized carbons (Fsp3) is 0.0714. The van der Waals surface area contributed by atoms with Crippen LogP contribution >= 0.6 is 0 Å². The molecule has 2 radical (unpaired) electrons. The number of nitrogens with zero attached hydrogens (tertiary/aromatic N) is 4. The first-order valence-electron chi connectivity index (χ1n) is 22.3. The lowest BCUT2D eigenvalue weighted by molar-refractivity contribution is 0.330. The van der Waals surface area contributed by atoms with E-state index in [4.69, 9.17) is 17.8 Å². The van der Waals surface area contributed by atoms with Crippen LogP contribution in [-0.2, 0) is 12.0 Å². The molecule has 8 aromatic carbocycles. The molecule has 0 amide bonds. The molecular formula is C56H39BN4O9. The monoisotopic (exact) mass is 922 g/mol. The fourth-order valence-electron chi connectivity index (χ4n) is 10.5. The van der Waals surface area contributed by atoms with Gasteiger partial charge in [-0.3, -0.25) is 4.57 Å². The molecule has 3 aromatic heterocycles. The molecule has 0 atom stereocenters. The number of aromatic hydroxyl groups is 9. The predicted octanol–water partition coefficient (Wildman–Crippen LogP) is 10.2. The summed E-state index contributed by atoms with van der Waals surface area (Å²) in [4.78, 5) is 9.61. The van der Waals surface area contributed by atoms with Gasteiger partial charge in [0, 0.05) is 44.5 Å². The van der Waals surface area contributed by atoms with Crippen molar-refractivity contribution in [3.63, 3.8) is 0 Å². The van der Waals surface area contributed by atoms with Crippen molar-refractivity contribution in [2.24, 2.45) is 0 Å². The molecule has 1 aliphatic rings. The van der Waals surface area contributed by atoms with Gasteiger partial charge in [0.15, 0.2) is 23.0 Å². The van der Waals surface area contributed by atoms with Gasteiger partial charge in [-0.15, -0.1) is 0 Å². The smallest absolute Gasteiger partial charge is 0.235 e. The third-order valence-electron chi connectivity index (χ3n) is 14.0. The highest BCUT2D eigenvalue weighted by Crippen LogP contribution is 2.56. The summed E-state index contributed by atoms with van der Waals surface area (Å²) in [6.45, 7) is 4.97. The Bertz CT molecular complexity index is 3940. The van der Waals surface area contributed by atoms with Gasteiger partial charge in [0.1, 0.15) is 13.6 Å². The maximum absolute atomic E-state index is 11.3. The molecule has 14 heteroatoms. The number of benzene rings is 8. The van der Waals surface area contributed by atoms with Crippen LogP contribution in [0, 0.1) is 0 Å². The Hall–Kier alpha value is -9.30. The second-order valence-corrected chi connectivity index (χ2v) is 18.2. The highest BCUT2D eigenvalue weighted by Gasteiger charge is 2.37. The molecule has 0 unspecified atom stereocenters. The number of hydrogen-bond acceptors (Lipinski definition) is 11. The van der Waals surface area contributed by atoms with Crippen molar-refractivity contribution in [3.05, 3.63) is 150 Å². The second kappa shape index (κ2) is 14.9. The first kappa shape index (κ1) is 42.1. The van der Waals surface area contributed by atoms with Gasteiger partial charge in [-0.2, -0.15) is 0 Å². The van der Waals surface area contributed by atoms with Crippen molar-refractivity contribution < 1.29 is 46.0 Å². The Morgan fingerprint density at radius 3 is 1.66 bits per heavy atom. The molecule has 0 bridgehead atoms. The van der Waals surface area contributed by atoms with E-state index in [1.54, 1.807) is 4.57 Å². The molecule has 70 heavy (non-hydrogen) atoms. The summed E-state index contributed by atoms with van der Waals surface area (Å²) in [5, 5.41) is 102. The molecule has 0 fully saturated rings. The number of hydrogen-bond donors (Lipinski definition) is 9. The van der Waals surface area contributed by atoms with E-state index in [0.717, 1.165) is 72.0 Å². The summed E-state index contributed by atoms with van der Waals surface area (Å²) < 4.78 is 4.06. The van der Waals surface area contributed by atoms with Gasteiger partial charge in [0.25, 0.3) is 0 Å². The van der Waals surface area contributed by atoms with Gasteiger partial charge in [0.2, 0.25) is 28.9 Å². The number of phenolic OH excluding ortho intramolecular Hbond substituents is 9. The molecule has 3 heterocycles. The average molecular weight is 923 g/mol. The van der Waals surface area contributed by atoms with E-state index in [-0.39, 0.29) is 17.3 Å². The third kappa shape index (κ3) is 5.86. The van der Waals surface area contributed by atoms with E-state index in [9.17, 15) is 46.0 Å². The van der Waals surface area contributed by atoms with E-state index in [0.29, 0.717) is 17.6 Å². The van der Waals surface area contributed by atoms with Crippen molar-refractivity contribution in [2.45, 2.75) is 25.8 Å². The highest BCUT2D eigenvalue weighted by molar-refractivity contribution is 6.37.